The first-order valence-corrected chi connectivity index (χ1v) is 8.12. The Kier molecular flexibility index (Phi) is 5.53. The van der Waals surface area contributed by atoms with Crippen LogP contribution in [0.2, 0.25) is 0 Å². The van der Waals surface area contributed by atoms with Crippen molar-refractivity contribution in [3.05, 3.63) is 89.6 Å². The molecule has 4 nitrogen and oxygen atoms in total. The molecule has 0 saturated heterocycles. The van der Waals surface area contributed by atoms with E-state index >= 15 is 0 Å². The molecule has 1 aromatic heterocycles. The lowest BCUT2D eigenvalue weighted by molar-refractivity contribution is 0.102. The normalized spacial score (nSPS) is 10.4. The van der Waals surface area contributed by atoms with E-state index in [0.717, 1.165) is 0 Å². The van der Waals surface area contributed by atoms with Gasteiger partial charge in [-0.05, 0) is 54.4 Å². The third-order valence-corrected chi connectivity index (χ3v) is 3.78. The molecular weight excluding hydrogens is 336 g/mol. The van der Waals surface area contributed by atoms with Crippen LogP contribution in [0.3, 0.4) is 0 Å². The van der Waals surface area contributed by atoms with Crippen LogP contribution in [0.1, 0.15) is 15.9 Å². The highest BCUT2D eigenvalue weighted by molar-refractivity contribution is 6.04. The Hall–Kier alpha value is -3.28. The lowest BCUT2D eigenvalue weighted by atomic mass is 10.1. The van der Waals surface area contributed by atoms with Crippen LogP contribution in [0.25, 0.3) is 0 Å². The van der Waals surface area contributed by atoms with Crippen LogP contribution in [0, 0.1) is 11.6 Å². The number of aromatic nitrogens is 1. The van der Waals surface area contributed by atoms with Gasteiger partial charge in [-0.2, -0.15) is 0 Å². The minimum Gasteiger partial charge on any atom is -0.370 e. The second kappa shape index (κ2) is 8.20. The molecule has 0 fully saturated rings. The summed E-state index contributed by atoms with van der Waals surface area (Å²) in [7, 11) is 0. The maximum atomic E-state index is 13.6. The number of nitrogens with one attached hydrogen (secondary N) is 2. The molecule has 132 valence electrons. The van der Waals surface area contributed by atoms with Crippen LogP contribution in [-0.4, -0.2) is 17.4 Å². The van der Waals surface area contributed by atoms with E-state index in [4.69, 9.17) is 0 Å². The van der Waals surface area contributed by atoms with Gasteiger partial charge >= 0.3 is 0 Å². The number of carbonyl (C=O) groups excluding carboxylic acids is 1. The number of pyridine rings is 1. The fraction of sp³-hybridized carbons (Fsp3) is 0.100. The molecule has 3 rings (SSSR count). The predicted molar refractivity (Wildman–Crippen MR) is 97.2 cm³/mol. The van der Waals surface area contributed by atoms with E-state index < -0.39 is 0 Å². The highest BCUT2D eigenvalue weighted by Crippen LogP contribution is 2.13. The number of benzene rings is 2. The van der Waals surface area contributed by atoms with Gasteiger partial charge in [0.05, 0.1) is 0 Å². The van der Waals surface area contributed by atoms with Crippen LogP contribution in [0.4, 0.5) is 20.3 Å². The summed E-state index contributed by atoms with van der Waals surface area (Å²) in [5, 5.41) is 5.77. The summed E-state index contributed by atoms with van der Waals surface area (Å²) in [4.78, 5) is 16.4. The molecule has 3 aromatic rings. The lowest BCUT2D eigenvalue weighted by Crippen LogP contribution is -2.13. The van der Waals surface area contributed by atoms with E-state index in [-0.39, 0.29) is 17.5 Å². The van der Waals surface area contributed by atoms with E-state index in [9.17, 15) is 13.6 Å². The molecule has 0 radical (unpaired) electrons. The van der Waals surface area contributed by atoms with Crippen LogP contribution in [0.15, 0.2) is 66.9 Å². The van der Waals surface area contributed by atoms with E-state index in [1.54, 1.807) is 30.3 Å². The molecule has 2 aromatic carbocycles. The first-order chi connectivity index (χ1) is 12.6. The molecule has 2 N–H and O–H groups in total. The summed E-state index contributed by atoms with van der Waals surface area (Å²) in [6.07, 6.45) is 2.02. The summed E-state index contributed by atoms with van der Waals surface area (Å²) in [6.45, 7) is 0.483. The number of anilines is 2. The molecule has 0 aliphatic carbocycles. The fourth-order valence-electron chi connectivity index (χ4n) is 2.43. The van der Waals surface area contributed by atoms with Gasteiger partial charge in [0.2, 0.25) is 0 Å². The van der Waals surface area contributed by atoms with E-state index in [0.29, 0.717) is 35.6 Å². The van der Waals surface area contributed by atoms with Gasteiger partial charge in [0.15, 0.2) is 0 Å². The van der Waals surface area contributed by atoms with Gasteiger partial charge in [-0.15, -0.1) is 0 Å². The topological polar surface area (TPSA) is 54.0 Å². The zero-order valence-electron chi connectivity index (χ0n) is 13.9. The molecule has 6 heteroatoms. The van der Waals surface area contributed by atoms with Gasteiger partial charge < -0.3 is 10.6 Å². The molecular formula is C20H17F2N3O. The Bertz CT molecular complexity index is 898. The molecule has 0 bridgehead atoms. The standard InChI is InChI=1S/C20H17F2N3O/c21-16-5-7-17(8-6-16)25-20(26)15-10-12-24-19(13-15)23-11-9-14-3-1-2-4-18(14)22/h1-8,10,12-13H,9,11H2,(H,23,24)(H,25,26). The molecule has 26 heavy (non-hydrogen) atoms. The number of carbonyl (C=O) groups is 1. The average Bonchev–Trinajstić information content (AvgIpc) is 2.65. The smallest absolute Gasteiger partial charge is 0.255 e. The first kappa shape index (κ1) is 17.5. The zero-order valence-corrected chi connectivity index (χ0v) is 13.9. The SMILES string of the molecule is O=C(Nc1ccc(F)cc1)c1ccnc(NCCc2ccccc2F)c1. The average molecular weight is 353 g/mol. The van der Waals surface area contributed by atoms with Crippen molar-refractivity contribution in [1.82, 2.24) is 4.98 Å². The summed E-state index contributed by atoms with van der Waals surface area (Å²) in [5.41, 5.74) is 1.53. The quantitative estimate of drug-likeness (QED) is 0.696. The Balaban J connectivity index is 1.59. The van der Waals surface area contributed by atoms with Crippen molar-refractivity contribution in [2.45, 2.75) is 6.42 Å². The largest absolute Gasteiger partial charge is 0.370 e. The van der Waals surface area contributed by atoms with Crippen LogP contribution < -0.4 is 10.6 Å². The number of nitrogens with zero attached hydrogens (tertiary/aromatic N) is 1. The lowest BCUT2D eigenvalue weighted by Gasteiger charge is -2.09. The number of rotatable bonds is 6. The van der Waals surface area contributed by atoms with Gasteiger partial charge in [-0.3, -0.25) is 4.79 Å². The van der Waals surface area contributed by atoms with E-state index in [2.05, 4.69) is 15.6 Å². The zero-order chi connectivity index (χ0) is 18.4. The minimum atomic E-state index is -0.367. The Morgan fingerprint density at radius 1 is 1.00 bits per heavy atom. The second-order valence-electron chi connectivity index (χ2n) is 5.66. The summed E-state index contributed by atoms with van der Waals surface area (Å²) >= 11 is 0. The van der Waals surface area contributed by atoms with Crippen molar-refractivity contribution in [2.75, 3.05) is 17.2 Å². The highest BCUT2D eigenvalue weighted by atomic mass is 19.1. The molecule has 0 aliphatic rings. The van der Waals surface area contributed by atoms with Gasteiger partial charge in [-0.1, -0.05) is 18.2 Å². The summed E-state index contributed by atoms with van der Waals surface area (Å²) in [5.74, 6) is -0.410. The molecule has 1 amide bonds. The van der Waals surface area contributed by atoms with Crippen LogP contribution in [0.5, 0.6) is 0 Å². The maximum Gasteiger partial charge on any atom is 0.255 e. The summed E-state index contributed by atoms with van der Waals surface area (Å²) in [6, 6.07) is 15.3. The Morgan fingerprint density at radius 3 is 2.54 bits per heavy atom. The van der Waals surface area contributed by atoms with Crippen molar-refractivity contribution in [3.8, 4) is 0 Å². The monoisotopic (exact) mass is 353 g/mol. The summed E-state index contributed by atoms with van der Waals surface area (Å²) < 4.78 is 26.5. The first-order valence-electron chi connectivity index (χ1n) is 8.12. The van der Waals surface area contributed by atoms with Crippen molar-refractivity contribution < 1.29 is 13.6 Å². The van der Waals surface area contributed by atoms with Crippen LogP contribution in [-0.2, 0) is 6.42 Å². The van der Waals surface area contributed by atoms with E-state index in [1.165, 1.54) is 36.5 Å². The van der Waals surface area contributed by atoms with Crippen molar-refractivity contribution in [1.29, 1.82) is 0 Å². The molecule has 1 heterocycles. The van der Waals surface area contributed by atoms with E-state index in [1.807, 2.05) is 0 Å². The van der Waals surface area contributed by atoms with Crippen LogP contribution >= 0.6 is 0 Å². The molecule has 0 spiro atoms. The van der Waals surface area contributed by atoms with Crippen molar-refractivity contribution in [3.63, 3.8) is 0 Å². The van der Waals surface area contributed by atoms with Gasteiger partial charge in [0, 0.05) is 24.0 Å². The fourth-order valence-corrected chi connectivity index (χ4v) is 2.43. The van der Waals surface area contributed by atoms with Gasteiger partial charge in [0.25, 0.3) is 5.91 Å². The Morgan fingerprint density at radius 2 is 1.77 bits per heavy atom. The van der Waals surface area contributed by atoms with Crippen molar-refractivity contribution in [2.24, 2.45) is 0 Å². The number of halogens is 2. The molecule has 0 aliphatic heterocycles. The van der Waals surface area contributed by atoms with Gasteiger partial charge in [-0.25, -0.2) is 13.8 Å². The number of amides is 1. The van der Waals surface area contributed by atoms with Gasteiger partial charge in [0.1, 0.15) is 17.5 Å². The predicted octanol–water partition coefficient (Wildman–Crippen LogP) is 4.27. The molecule has 0 unspecified atom stereocenters. The molecule has 0 atom stereocenters. The third kappa shape index (κ3) is 4.63. The number of hydrogen-bond acceptors (Lipinski definition) is 3. The highest BCUT2D eigenvalue weighted by Gasteiger charge is 2.08. The molecule has 0 saturated carbocycles. The van der Waals surface area contributed by atoms with Crippen molar-refractivity contribution >= 4 is 17.4 Å². The second-order valence-corrected chi connectivity index (χ2v) is 5.66. The number of hydrogen-bond donors (Lipinski definition) is 2. The maximum absolute atomic E-state index is 13.6. The Labute approximate surface area is 149 Å². The third-order valence-electron chi connectivity index (χ3n) is 3.78. The minimum absolute atomic E-state index is 0.241.